The van der Waals surface area contributed by atoms with Gasteiger partial charge in [-0.05, 0) is 17.4 Å². The zero-order valence-corrected chi connectivity index (χ0v) is 14.3. The van der Waals surface area contributed by atoms with Gasteiger partial charge in [0.2, 0.25) is 5.91 Å². The Balaban J connectivity index is 1.64. The molecule has 1 aromatic carbocycles. The molecule has 0 spiro atoms. The molecule has 0 atom stereocenters. The maximum absolute atomic E-state index is 11.9. The summed E-state index contributed by atoms with van der Waals surface area (Å²) >= 11 is 0. The van der Waals surface area contributed by atoms with Gasteiger partial charge in [0, 0.05) is 17.2 Å². The van der Waals surface area contributed by atoms with E-state index in [1.54, 1.807) is 0 Å². The van der Waals surface area contributed by atoms with E-state index in [-0.39, 0.29) is 11.3 Å². The second-order valence-electron chi connectivity index (χ2n) is 7.01. The van der Waals surface area contributed by atoms with Gasteiger partial charge in [0.15, 0.2) is 5.76 Å². The van der Waals surface area contributed by atoms with E-state index in [0.717, 1.165) is 16.8 Å². The summed E-state index contributed by atoms with van der Waals surface area (Å²) in [7, 11) is 0. The maximum atomic E-state index is 11.9. The Bertz CT molecular complexity index is 790. The van der Waals surface area contributed by atoms with Gasteiger partial charge in [-0.1, -0.05) is 68.4 Å². The molecule has 1 aliphatic rings. The molecule has 0 saturated heterocycles. The molecule has 124 valence electrons. The molecule has 0 saturated carbocycles. The third-order valence-corrected chi connectivity index (χ3v) is 4.09. The van der Waals surface area contributed by atoms with Crippen molar-refractivity contribution in [2.75, 3.05) is 0 Å². The highest BCUT2D eigenvalue weighted by Gasteiger charge is 2.15. The van der Waals surface area contributed by atoms with E-state index in [0.29, 0.717) is 18.7 Å². The lowest BCUT2D eigenvalue weighted by atomic mass is 9.86. The average Bonchev–Trinajstić information content (AvgIpc) is 3.23. The number of benzene rings is 1. The summed E-state index contributed by atoms with van der Waals surface area (Å²) in [5.41, 5.74) is 3.96. The van der Waals surface area contributed by atoms with E-state index in [1.807, 2.05) is 24.3 Å². The van der Waals surface area contributed by atoms with Crippen LogP contribution in [0.5, 0.6) is 0 Å². The molecule has 24 heavy (non-hydrogen) atoms. The number of nitrogens with zero attached hydrogens (tertiary/aromatic N) is 1. The van der Waals surface area contributed by atoms with Gasteiger partial charge in [-0.3, -0.25) is 4.79 Å². The summed E-state index contributed by atoms with van der Waals surface area (Å²) in [6.45, 7) is 6.90. The first-order chi connectivity index (χ1) is 11.4. The van der Waals surface area contributed by atoms with Crippen molar-refractivity contribution in [3.8, 4) is 11.3 Å². The van der Waals surface area contributed by atoms with Crippen LogP contribution in [0.4, 0.5) is 0 Å². The van der Waals surface area contributed by atoms with Gasteiger partial charge >= 0.3 is 0 Å². The van der Waals surface area contributed by atoms with Gasteiger partial charge in [0.1, 0.15) is 5.69 Å². The highest BCUT2D eigenvalue weighted by Crippen LogP contribution is 2.26. The highest BCUT2D eigenvalue weighted by molar-refractivity contribution is 5.94. The minimum atomic E-state index is -0.0625. The number of carbonyl (C=O) groups is 1. The Morgan fingerprint density at radius 1 is 1.25 bits per heavy atom. The zero-order valence-electron chi connectivity index (χ0n) is 14.3. The van der Waals surface area contributed by atoms with Crippen LogP contribution in [0.25, 0.3) is 11.3 Å². The van der Waals surface area contributed by atoms with E-state index in [2.05, 4.69) is 55.5 Å². The number of aromatic nitrogens is 1. The van der Waals surface area contributed by atoms with Crippen molar-refractivity contribution in [1.82, 2.24) is 10.5 Å². The lowest BCUT2D eigenvalue weighted by Gasteiger charge is -2.18. The molecule has 0 aliphatic heterocycles. The van der Waals surface area contributed by atoms with E-state index < -0.39 is 0 Å². The van der Waals surface area contributed by atoms with Crippen molar-refractivity contribution in [1.29, 1.82) is 0 Å². The van der Waals surface area contributed by atoms with Crippen LogP contribution in [-0.4, -0.2) is 11.1 Å². The van der Waals surface area contributed by atoms with Gasteiger partial charge in [-0.2, -0.15) is 0 Å². The number of nitrogens with one attached hydrogen (secondary N) is 1. The lowest BCUT2D eigenvalue weighted by molar-refractivity contribution is -0.117. The number of carbonyl (C=O) groups excluding carboxylic acids is 1. The average molecular weight is 322 g/mol. The third-order valence-electron chi connectivity index (χ3n) is 4.09. The minimum absolute atomic E-state index is 0.0625. The third kappa shape index (κ3) is 3.65. The predicted molar refractivity (Wildman–Crippen MR) is 94.3 cm³/mol. The Morgan fingerprint density at radius 2 is 2.00 bits per heavy atom. The van der Waals surface area contributed by atoms with Crippen LogP contribution in [0.15, 0.2) is 58.7 Å². The second kappa shape index (κ2) is 6.48. The second-order valence-corrected chi connectivity index (χ2v) is 7.01. The van der Waals surface area contributed by atoms with Crippen LogP contribution in [0.2, 0.25) is 0 Å². The molecule has 0 unspecified atom stereocenters. The lowest BCUT2D eigenvalue weighted by Crippen LogP contribution is -2.23. The summed E-state index contributed by atoms with van der Waals surface area (Å²) < 4.78 is 5.33. The number of allylic oxidation sites excluding steroid dienone is 3. The number of hydrogen-bond acceptors (Lipinski definition) is 3. The van der Waals surface area contributed by atoms with Crippen molar-refractivity contribution >= 4 is 5.91 Å². The monoisotopic (exact) mass is 322 g/mol. The van der Waals surface area contributed by atoms with Crippen LogP contribution in [0.1, 0.15) is 38.5 Å². The van der Waals surface area contributed by atoms with E-state index in [9.17, 15) is 4.79 Å². The van der Waals surface area contributed by atoms with Gasteiger partial charge in [-0.15, -0.1) is 0 Å². The number of rotatable bonds is 4. The van der Waals surface area contributed by atoms with Crippen LogP contribution >= 0.6 is 0 Å². The minimum Gasteiger partial charge on any atom is -0.359 e. The first kappa shape index (κ1) is 16.2. The predicted octanol–water partition coefficient (Wildman–Crippen LogP) is 4.14. The molecule has 1 aromatic heterocycles. The molecule has 0 bridgehead atoms. The van der Waals surface area contributed by atoms with Crippen LogP contribution in [0.3, 0.4) is 0 Å². The highest BCUT2D eigenvalue weighted by atomic mass is 16.5. The summed E-state index contributed by atoms with van der Waals surface area (Å²) in [5, 5.41) is 6.95. The standard InChI is InChI=1S/C20H22N2O2/c1-20(2,3)16-10-8-14(9-11-16)18-12-17(24-22-18)13-21-19(23)15-6-4-5-7-15/h4-6,8-12H,7,13H2,1-3H3,(H,21,23). The Morgan fingerprint density at radius 3 is 2.62 bits per heavy atom. The molecule has 1 heterocycles. The van der Waals surface area contributed by atoms with Crippen molar-refractivity contribution < 1.29 is 9.32 Å². The summed E-state index contributed by atoms with van der Waals surface area (Å²) in [6, 6.07) is 10.2. The van der Waals surface area contributed by atoms with E-state index in [4.69, 9.17) is 4.52 Å². The Kier molecular flexibility index (Phi) is 4.38. The van der Waals surface area contributed by atoms with Crippen LogP contribution < -0.4 is 5.32 Å². The summed E-state index contributed by atoms with van der Waals surface area (Å²) in [6.07, 6.45) is 6.37. The van der Waals surface area contributed by atoms with Gasteiger partial charge < -0.3 is 9.84 Å². The summed E-state index contributed by atoms with van der Waals surface area (Å²) in [5.74, 6) is 0.581. The fraction of sp³-hybridized carbons (Fsp3) is 0.300. The Labute approximate surface area is 142 Å². The van der Waals surface area contributed by atoms with Gasteiger partial charge in [0.25, 0.3) is 0 Å². The van der Waals surface area contributed by atoms with Crippen LogP contribution in [0, 0.1) is 0 Å². The molecular weight excluding hydrogens is 300 g/mol. The SMILES string of the molecule is CC(C)(C)c1ccc(-c2cc(CNC(=O)C3=CC=CC3)on2)cc1. The van der Waals surface area contributed by atoms with Gasteiger partial charge in [-0.25, -0.2) is 0 Å². The molecule has 3 rings (SSSR count). The van der Waals surface area contributed by atoms with Crippen LogP contribution in [-0.2, 0) is 16.8 Å². The zero-order chi connectivity index (χ0) is 17.2. The molecule has 4 nitrogen and oxygen atoms in total. The fourth-order valence-corrected chi connectivity index (χ4v) is 2.57. The largest absolute Gasteiger partial charge is 0.359 e. The summed E-state index contributed by atoms with van der Waals surface area (Å²) in [4.78, 5) is 11.9. The number of amides is 1. The molecule has 2 aromatic rings. The molecular formula is C20H22N2O2. The normalized spacial score (nSPS) is 13.9. The first-order valence-electron chi connectivity index (χ1n) is 8.14. The number of hydrogen-bond donors (Lipinski definition) is 1. The van der Waals surface area contributed by atoms with Gasteiger partial charge in [0.05, 0.1) is 6.54 Å². The maximum Gasteiger partial charge on any atom is 0.247 e. The fourth-order valence-electron chi connectivity index (χ4n) is 2.57. The molecule has 1 aliphatic carbocycles. The van der Waals surface area contributed by atoms with Crippen molar-refractivity contribution in [2.45, 2.75) is 39.2 Å². The molecule has 1 N–H and O–H groups in total. The molecule has 1 amide bonds. The van der Waals surface area contributed by atoms with Crippen molar-refractivity contribution in [2.24, 2.45) is 0 Å². The van der Waals surface area contributed by atoms with E-state index >= 15 is 0 Å². The Hall–Kier alpha value is -2.62. The molecule has 0 radical (unpaired) electrons. The quantitative estimate of drug-likeness (QED) is 0.920. The van der Waals surface area contributed by atoms with E-state index in [1.165, 1.54) is 5.56 Å². The first-order valence-corrected chi connectivity index (χ1v) is 8.14. The van der Waals surface area contributed by atoms with Crippen molar-refractivity contribution in [3.63, 3.8) is 0 Å². The smallest absolute Gasteiger partial charge is 0.247 e. The molecule has 0 fully saturated rings. The van der Waals surface area contributed by atoms with Crippen molar-refractivity contribution in [3.05, 3.63) is 65.5 Å². The topological polar surface area (TPSA) is 55.1 Å². The molecule has 4 heteroatoms.